The topological polar surface area (TPSA) is 47.3 Å². The molecule has 2 aromatic heterocycles. The van der Waals surface area contributed by atoms with Crippen LogP contribution in [0.1, 0.15) is 37.1 Å². The fraction of sp³-hybridized carbons (Fsp3) is 0.417. The predicted molar refractivity (Wildman–Crippen MR) is 59.3 cm³/mol. The van der Waals surface area contributed by atoms with Crippen LogP contribution in [0.25, 0.3) is 5.65 Å². The van der Waals surface area contributed by atoms with Crippen LogP contribution < -0.4 is 0 Å². The van der Waals surface area contributed by atoms with Crippen LogP contribution in [-0.4, -0.2) is 20.4 Å². The maximum absolute atomic E-state index is 11.2. The molecule has 2 aromatic rings. The van der Waals surface area contributed by atoms with Gasteiger partial charge in [0, 0.05) is 24.1 Å². The van der Waals surface area contributed by atoms with E-state index in [-0.39, 0.29) is 5.78 Å². The molecule has 0 aromatic carbocycles. The Morgan fingerprint density at radius 1 is 1.56 bits per heavy atom. The summed E-state index contributed by atoms with van der Waals surface area (Å²) < 4.78 is 1.78. The average molecular weight is 215 g/mol. The first-order valence-electron chi connectivity index (χ1n) is 5.57. The first-order valence-corrected chi connectivity index (χ1v) is 5.57. The summed E-state index contributed by atoms with van der Waals surface area (Å²) in [5, 5.41) is 4.44. The second-order valence-electron chi connectivity index (χ2n) is 4.42. The lowest BCUT2D eigenvalue weighted by molar-refractivity contribution is -0.116. The molecule has 2 heterocycles. The number of ketones is 1. The summed E-state index contributed by atoms with van der Waals surface area (Å²) in [6.07, 6.45) is 4.71. The van der Waals surface area contributed by atoms with Gasteiger partial charge >= 0.3 is 0 Å². The first-order chi connectivity index (χ1) is 7.74. The van der Waals surface area contributed by atoms with Crippen molar-refractivity contribution in [1.82, 2.24) is 14.6 Å². The van der Waals surface area contributed by atoms with E-state index in [4.69, 9.17) is 0 Å². The monoisotopic (exact) mass is 215 g/mol. The minimum atomic E-state index is 0.157. The smallest absolute Gasteiger partial charge is 0.159 e. The number of carbonyl (C=O) groups is 1. The van der Waals surface area contributed by atoms with Crippen molar-refractivity contribution in [2.75, 3.05) is 0 Å². The lowest BCUT2D eigenvalue weighted by Gasteiger charge is -1.98. The molecular formula is C12H13N3O. The molecule has 1 aliphatic rings. The lowest BCUT2D eigenvalue weighted by atomic mass is 10.1. The summed E-state index contributed by atoms with van der Waals surface area (Å²) in [5.74, 6) is 1.63. The van der Waals surface area contributed by atoms with E-state index in [0.29, 0.717) is 12.3 Å². The van der Waals surface area contributed by atoms with Crippen molar-refractivity contribution in [3.63, 3.8) is 0 Å². The van der Waals surface area contributed by atoms with Crippen LogP contribution in [0.15, 0.2) is 18.3 Å². The SMILES string of the molecule is CC(=O)Cc1cccn2nc(C3CC3)nc12. The van der Waals surface area contributed by atoms with Gasteiger partial charge in [0.2, 0.25) is 0 Å². The molecule has 0 N–H and O–H groups in total. The molecule has 4 nitrogen and oxygen atoms in total. The fourth-order valence-electron chi connectivity index (χ4n) is 1.90. The Morgan fingerprint density at radius 3 is 3.06 bits per heavy atom. The number of hydrogen-bond donors (Lipinski definition) is 0. The number of nitrogens with zero attached hydrogens (tertiary/aromatic N) is 3. The number of fused-ring (bicyclic) bond motifs is 1. The second-order valence-corrected chi connectivity index (χ2v) is 4.42. The first kappa shape index (κ1) is 9.51. The van der Waals surface area contributed by atoms with Gasteiger partial charge in [-0.1, -0.05) is 6.07 Å². The molecule has 82 valence electrons. The van der Waals surface area contributed by atoms with Crippen LogP contribution in [0.3, 0.4) is 0 Å². The third kappa shape index (κ3) is 1.60. The number of pyridine rings is 1. The van der Waals surface area contributed by atoms with E-state index in [2.05, 4.69) is 10.1 Å². The summed E-state index contributed by atoms with van der Waals surface area (Å²) in [5.41, 5.74) is 1.80. The highest BCUT2D eigenvalue weighted by molar-refractivity contribution is 5.80. The molecule has 0 unspecified atom stereocenters. The molecule has 16 heavy (non-hydrogen) atoms. The standard InChI is InChI=1S/C12H13N3O/c1-8(16)7-10-3-2-6-15-12(10)13-11(14-15)9-4-5-9/h2-3,6,9H,4-5,7H2,1H3. The minimum Gasteiger partial charge on any atom is -0.300 e. The van der Waals surface area contributed by atoms with Gasteiger partial charge in [-0.2, -0.15) is 5.10 Å². The summed E-state index contributed by atoms with van der Waals surface area (Å²) in [6, 6.07) is 3.86. The van der Waals surface area contributed by atoms with Gasteiger partial charge in [-0.15, -0.1) is 0 Å². The van der Waals surface area contributed by atoms with Crippen molar-refractivity contribution in [3.8, 4) is 0 Å². The van der Waals surface area contributed by atoms with Gasteiger partial charge in [0.05, 0.1) is 0 Å². The predicted octanol–water partition coefficient (Wildman–Crippen LogP) is 1.74. The van der Waals surface area contributed by atoms with Gasteiger partial charge in [-0.3, -0.25) is 4.79 Å². The molecule has 1 aliphatic carbocycles. The van der Waals surface area contributed by atoms with Gasteiger partial charge in [-0.05, 0) is 25.8 Å². The number of rotatable bonds is 3. The van der Waals surface area contributed by atoms with Crippen LogP contribution in [0.2, 0.25) is 0 Å². The van der Waals surface area contributed by atoms with Gasteiger partial charge in [-0.25, -0.2) is 9.50 Å². The summed E-state index contributed by atoms with van der Waals surface area (Å²) in [6.45, 7) is 1.60. The summed E-state index contributed by atoms with van der Waals surface area (Å²) >= 11 is 0. The third-order valence-corrected chi connectivity index (χ3v) is 2.84. The minimum absolute atomic E-state index is 0.157. The molecule has 0 amide bonds. The molecule has 1 saturated carbocycles. The van der Waals surface area contributed by atoms with Crippen molar-refractivity contribution >= 4 is 11.4 Å². The Bertz CT molecular complexity index is 554. The van der Waals surface area contributed by atoms with Crippen molar-refractivity contribution in [1.29, 1.82) is 0 Å². The molecule has 0 saturated heterocycles. The quantitative estimate of drug-likeness (QED) is 0.783. The third-order valence-electron chi connectivity index (χ3n) is 2.84. The second kappa shape index (κ2) is 3.40. The highest BCUT2D eigenvalue weighted by Gasteiger charge is 2.28. The van der Waals surface area contributed by atoms with E-state index < -0.39 is 0 Å². The zero-order chi connectivity index (χ0) is 11.1. The highest BCUT2D eigenvalue weighted by Crippen LogP contribution is 2.38. The molecule has 1 fully saturated rings. The lowest BCUT2D eigenvalue weighted by Crippen LogP contribution is -1.99. The van der Waals surface area contributed by atoms with E-state index in [1.54, 1.807) is 11.4 Å². The van der Waals surface area contributed by atoms with Crippen LogP contribution in [-0.2, 0) is 11.2 Å². The number of aromatic nitrogens is 3. The number of hydrogen-bond acceptors (Lipinski definition) is 3. The van der Waals surface area contributed by atoms with Crippen molar-refractivity contribution in [2.45, 2.75) is 32.1 Å². The zero-order valence-electron chi connectivity index (χ0n) is 9.18. The van der Waals surface area contributed by atoms with E-state index >= 15 is 0 Å². The van der Waals surface area contributed by atoms with E-state index in [1.165, 1.54) is 12.8 Å². The normalized spacial score (nSPS) is 15.6. The van der Waals surface area contributed by atoms with Gasteiger partial charge in [0.15, 0.2) is 11.5 Å². The zero-order valence-corrected chi connectivity index (χ0v) is 9.18. The molecule has 4 heteroatoms. The van der Waals surface area contributed by atoms with Crippen molar-refractivity contribution in [3.05, 3.63) is 29.7 Å². The maximum Gasteiger partial charge on any atom is 0.159 e. The van der Waals surface area contributed by atoms with Crippen molar-refractivity contribution in [2.24, 2.45) is 0 Å². The van der Waals surface area contributed by atoms with Gasteiger partial charge < -0.3 is 0 Å². The Morgan fingerprint density at radius 2 is 2.38 bits per heavy atom. The highest BCUT2D eigenvalue weighted by atomic mass is 16.1. The molecular weight excluding hydrogens is 202 g/mol. The van der Waals surface area contributed by atoms with E-state index in [0.717, 1.165) is 17.0 Å². The van der Waals surface area contributed by atoms with E-state index in [1.807, 2.05) is 18.3 Å². The van der Waals surface area contributed by atoms with Gasteiger partial charge in [0.1, 0.15) is 5.78 Å². The summed E-state index contributed by atoms with van der Waals surface area (Å²) in [4.78, 5) is 15.7. The molecule has 0 aliphatic heterocycles. The van der Waals surface area contributed by atoms with Crippen LogP contribution in [0.5, 0.6) is 0 Å². The maximum atomic E-state index is 11.2. The van der Waals surface area contributed by atoms with Crippen LogP contribution in [0.4, 0.5) is 0 Å². The largest absolute Gasteiger partial charge is 0.300 e. The molecule has 3 rings (SSSR count). The Kier molecular flexibility index (Phi) is 2.02. The molecule has 0 bridgehead atoms. The summed E-state index contributed by atoms with van der Waals surface area (Å²) in [7, 11) is 0. The molecule has 0 atom stereocenters. The Hall–Kier alpha value is -1.71. The number of carbonyl (C=O) groups excluding carboxylic acids is 1. The molecule has 0 spiro atoms. The Labute approximate surface area is 93.3 Å². The number of Topliss-reactive ketones (excluding diaryl/α,β-unsaturated/α-hetero) is 1. The van der Waals surface area contributed by atoms with Gasteiger partial charge in [0.25, 0.3) is 0 Å². The average Bonchev–Trinajstić information content (AvgIpc) is 2.98. The van der Waals surface area contributed by atoms with E-state index in [9.17, 15) is 4.79 Å². The van der Waals surface area contributed by atoms with Crippen LogP contribution in [0, 0.1) is 0 Å². The van der Waals surface area contributed by atoms with Crippen molar-refractivity contribution < 1.29 is 4.79 Å². The van der Waals surface area contributed by atoms with Crippen LogP contribution >= 0.6 is 0 Å². The fourth-order valence-corrected chi connectivity index (χ4v) is 1.90. The Balaban J connectivity index is 2.09. The molecule has 0 radical (unpaired) electrons.